The van der Waals surface area contributed by atoms with Crippen LogP contribution in [0.25, 0.3) is 10.9 Å². The summed E-state index contributed by atoms with van der Waals surface area (Å²) >= 11 is 6.11. The van der Waals surface area contributed by atoms with E-state index >= 15 is 0 Å². The molecule has 0 radical (unpaired) electrons. The third kappa shape index (κ3) is 3.63. The Labute approximate surface area is 166 Å². The van der Waals surface area contributed by atoms with Gasteiger partial charge in [0.2, 0.25) is 0 Å². The average molecular weight is 390 g/mol. The van der Waals surface area contributed by atoms with E-state index in [1.165, 1.54) is 6.33 Å². The van der Waals surface area contributed by atoms with E-state index in [9.17, 15) is 4.79 Å². The molecule has 0 unspecified atom stereocenters. The van der Waals surface area contributed by atoms with Crippen molar-refractivity contribution in [2.24, 2.45) is 0 Å². The minimum atomic E-state index is -0.341. The Morgan fingerprint density at radius 3 is 2.64 bits per heavy atom. The fourth-order valence-electron chi connectivity index (χ4n) is 2.82. The highest BCUT2D eigenvalue weighted by molar-refractivity contribution is 6.31. The molecule has 0 atom stereocenters. The number of aromatic nitrogens is 3. The maximum atomic E-state index is 12.6. The standard InChI is InChI=1S/C21H16ClN5O/c1-13-15(22)7-3-8-16(13)27-21(28)18-11-19(25-12-24-18)26-17-9-2-5-14-6-4-10-23-20(14)17/h2-12H,1H3,(H,27,28)(H,24,25,26). The molecular weight excluding hydrogens is 374 g/mol. The fourth-order valence-corrected chi connectivity index (χ4v) is 3.00. The molecule has 138 valence electrons. The Morgan fingerprint density at radius 2 is 1.75 bits per heavy atom. The molecule has 4 aromatic rings. The van der Waals surface area contributed by atoms with Gasteiger partial charge in [-0.15, -0.1) is 0 Å². The lowest BCUT2D eigenvalue weighted by atomic mass is 10.2. The van der Waals surface area contributed by atoms with Gasteiger partial charge in [0.1, 0.15) is 17.8 Å². The number of carbonyl (C=O) groups is 1. The number of carbonyl (C=O) groups excluding carboxylic acids is 1. The number of nitrogens with one attached hydrogen (secondary N) is 2. The second kappa shape index (κ2) is 7.62. The number of fused-ring (bicyclic) bond motifs is 1. The lowest BCUT2D eigenvalue weighted by Gasteiger charge is -2.11. The van der Waals surface area contributed by atoms with Crippen molar-refractivity contribution < 1.29 is 4.79 Å². The molecule has 1 amide bonds. The van der Waals surface area contributed by atoms with Crippen LogP contribution in [0.5, 0.6) is 0 Å². The van der Waals surface area contributed by atoms with E-state index < -0.39 is 0 Å². The molecule has 28 heavy (non-hydrogen) atoms. The number of benzene rings is 2. The lowest BCUT2D eigenvalue weighted by Crippen LogP contribution is -2.15. The molecule has 2 aromatic heterocycles. The van der Waals surface area contributed by atoms with E-state index in [1.807, 2.05) is 37.3 Å². The highest BCUT2D eigenvalue weighted by Gasteiger charge is 2.12. The van der Waals surface area contributed by atoms with Crippen LogP contribution in [-0.2, 0) is 0 Å². The predicted octanol–water partition coefficient (Wildman–Crippen LogP) is 4.98. The summed E-state index contributed by atoms with van der Waals surface area (Å²) in [7, 11) is 0. The molecule has 0 saturated carbocycles. The summed E-state index contributed by atoms with van der Waals surface area (Å²) in [5, 5.41) is 7.65. The summed E-state index contributed by atoms with van der Waals surface area (Å²) < 4.78 is 0. The number of hydrogen-bond acceptors (Lipinski definition) is 5. The van der Waals surface area contributed by atoms with Gasteiger partial charge in [0.25, 0.3) is 5.91 Å². The lowest BCUT2D eigenvalue weighted by molar-refractivity contribution is 0.102. The molecule has 6 nitrogen and oxygen atoms in total. The monoisotopic (exact) mass is 389 g/mol. The summed E-state index contributed by atoms with van der Waals surface area (Å²) in [5.74, 6) is 0.160. The normalized spacial score (nSPS) is 10.6. The molecule has 2 aromatic carbocycles. The first-order chi connectivity index (χ1) is 13.6. The van der Waals surface area contributed by atoms with Crippen LogP contribution in [0.15, 0.2) is 67.1 Å². The first-order valence-electron chi connectivity index (χ1n) is 8.61. The van der Waals surface area contributed by atoms with Gasteiger partial charge >= 0.3 is 0 Å². The Balaban J connectivity index is 1.59. The van der Waals surface area contributed by atoms with Gasteiger partial charge in [-0.25, -0.2) is 9.97 Å². The molecule has 0 aliphatic heterocycles. The van der Waals surface area contributed by atoms with Gasteiger partial charge in [0.15, 0.2) is 0 Å². The van der Waals surface area contributed by atoms with Crippen molar-refractivity contribution in [3.8, 4) is 0 Å². The quantitative estimate of drug-likeness (QED) is 0.514. The van der Waals surface area contributed by atoms with Crippen LogP contribution in [0.2, 0.25) is 5.02 Å². The Bertz CT molecular complexity index is 1170. The van der Waals surface area contributed by atoms with Crippen molar-refractivity contribution in [1.82, 2.24) is 15.0 Å². The molecule has 2 heterocycles. The van der Waals surface area contributed by atoms with Crippen LogP contribution in [0.1, 0.15) is 16.1 Å². The number of rotatable bonds is 4. The topological polar surface area (TPSA) is 79.8 Å². The van der Waals surface area contributed by atoms with Gasteiger partial charge in [-0.2, -0.15) is 0 Å². The Morgan fingerprint density at radius 1 is 0.964 bits per heavy atom. The van der Waals surface area contributed by atoms with Crippen LogP contribution in [0.4, 0.5) is 17.2 Å². The van der Waals surface area contributed by atoms with Crippen molar-refractivity contribution in [2.45, 2.75) is 6.92 Å². The highest BCUT2D eigenvalue weighted by Crippen LogP contribution is 2.25. The van der Waals surface area contributed by atoms with Gasteiger partial charge in [-0.05, 0) is 36.8 Å². The molecule has 0 saturated heterocycles. The summed E-state index contributed by atoms with van der Waals surface area (Å²) in [6.45, 7) is 1.85. The third-order valence-corrected chi connectivity index (χ3v) is 4.72. The van der Waals surface area contributed by atoms with E-state index in [1.54, 1.807) is 30.5 Å². The number of halogens is 1. The van der Waals surface area contributed by atoms with Gasteiger partial charge in [-0.3, -0.25) is 9.78 Å². The van der Waals surface area contributed by atoms with Crippen LogP contribution in [0, 0.1) is 6.92 Å². The number of hydrogen-bond donors (Lipinski definition) is 2. The Hall–Kier alpha value is -3.51. The number of anilines is 3. The number of amides is 1. The second-order valence-corrected chi connectivity index (χ2v) is 6.57. The third-order valence-electron chi connectivity index (χ3n) is 4.31. The fraction of sp³-hybridized carbons (Fsp3) is 0.0476. The first kappa shape index (κ1) is 17.9. The smallest absolute Gasteiger partial charge is 0.274 e. The summed E-state index contributed by atoms with van der Waals surface area (Å²) in [4.78, 5) is 25.3. The molecular formula is C21H16ClN5O. The van der Waals surface area contributed by atoms with Crippen molar-refractivity contribution in [2.75, 3.05) is 10.6 Å². The average Bonchev–Trinajstić information content (AvgIpc) is 2.72. The molecule has 0 aliphatic carbocycles. The summed E-state index contributed by atoms with van der Waals surface area (Å²) in [5.41, 5.74) is 3.30. The van der Waals surface area contributed by atoms with Crippen molar-refractivity contribution in [1.29, 1.82) is 0 Å². The zero-order chi connectivity index (χ0) is 19.5. The zero-order valence-electron chi connectivity index (χ0n) is 15.0. The first-order valence-corrected chi connectivity index (χ1v) is 8.99. The van der Waals surface area contributed by atoms with E-state index in [0.717, 1.165) is 22.2 Å². The van der Waals surface area contributed by atoms with Gasteiger partial charge in [0.05, 0.1) is 11.2 Å². The molecule has 2 N–H and O–H groups in total. The minimum Gasteiger partial charge on any atom is -0.338 e. The van der Waals surface area contributed by atoms with E-state index in [-0.39, 0.29) is 11.6 Å². The van der Waals surface area contributed by atoms with Crippen LogP contribution >= 0.6 is 11.6 Å². The molecule has 0 spiro atoms. The second-order valence-electron chi connectivity index (χ2n) is 6.16. The predicted molar refractivity (Wildman–Crippen MR) is 111 cm³/mol. The molecule has 0 bridgehead atoms. The van der Waals surface area contributed by atoms with Crippen molar-refractivity contribution in [3.63, 3.8) is 0 Å². The van der Waals surface area contributed by atoms with E-state index in [4.69, 9.17) is 11.6 Å². The molecule has 7 heteroatoms. The van der Waals surface area contributed by atoms with Gasteiger partial charge in [0, 0.05) is 28.4 Å². The minimum absolute atomic E-state index is 0.241. The largest absolute Gasteiger partial charge is 0.338 e. The van der Waals surface area contributed by atoms with Crippen LogP contribution < -0.4 is 10.6 Å². The maximum Gasteiger partial charge on any atom is 0.274 e. The zero-order valence-corrected chi connectivity index (χ0v) is 15.7. The van der Waals surface area contributed by atoms with E-state index in [0.29, 0.717) is 16.5 Å². The summed E-state index contributed by atoms with van der Waals surface area (Å²) in [6, 6.07) is 16.6. The van der Waals surface area contributed by atoms with Crippen LogP contribution in [0.3, 0.4) is 0 Å². The molecule has 0 aliphatic rings. The maximum absolute atomic E-state index is 12.6. The number of nitrogens with zero attached hydrogens (tertiary/aromatic N) is 3. The Kier molecular flexibility index (Phi) is 4.87. The SMILES string of the molecule is Cc1c(Cl)cccc1NC(=O)c1cc(Nc2cccc3cccnc23)ncn1. The van der Waals surface area contributed by atoms with Gasteiger partial charge < -0.3 is 10.6 Å². The van der Waals surface area contributed by atoms with E-state index in [2.05, 4.69) is 25.6 Å². The number of pyridine rings is 1. The molecule has 0 fully saturated rings. The van der Waals surface area contributed by atoms with Crippen molar-refractivity contribution in [3.05, 3.63) is 83.4 Å². The highest BCUT2D eigenvalue weighted by atomic mass is 35.5. The summed E-state index contributed by atoms with van der Waals surface area (Å²) in [6.07, 6.45) is 3.08. The number of para-hydroxylation sites is 1. The van der Waals surface area contributed by atoms with Gasteiger partial charge in [-0.1, -0.05) is 35.9 Å². The van der Waals surface area contributed by atoms with Crippen LogP contribution in [-0.4, -0.2) is 20.9 Å². The van der Waals surface area contributed by atoms with Crippen molar-refractivity contribution >= 4 is 45.6 Å². The molecule has 4 rings (SSSR count).